The maximum absolute atomic E-state index is 11.8. The Balaban J connectivity index is 2.22. The summed E-state index contributed by atoms with van der Waals surface area (Å²) in [7, 11) is 4.90. The second kappa shape index (κ2) is 8.30. The summed E-state index contributed by atoms with van der Waals surface area (Å²) in [6, 6.07) is 5.44. The van der Waals surface area contributed by atoms with Crippen molar-refractivity contribution in [2.45, 2.75) is 6.92 Å². The van der Waals surface area contributed by atoms with Crippen LogP contribution in [0.1, 0.15) is 23.0 Å². The first-order valence-electron chi connectivity index (χ1n) is 7.21. The van der Waals surface area contributed by atoms with Gasteiger partial charge in [0.15, 0.2) is 11.5 Å². The quantitative estimate of drug-likeness (QED) is 0.455. The summed E-state index contributed by atoms with van der Waals surface area (Å²) < 4.78 is 17.1. The molecule has 2 aromatic rings. The number of aromatic nitrogens is 1. The molecule has 7 nitrogen and oxygen atoms in total. The number of nitrogens with zero attached hydrogens (tertiary/aromatic N) is 3. The van der Waals surface area contributed by atoms with Crippen molar-refractivity contribution in [1.29, 1.82) is 0 Å². The number of hydrogen-bond acceptors (Lipinski definition) is 7. The molecule has 0 fully saturated rings. The zero-order valence-electron chi connectivity index (χ0n) is 14.0. The lowest BCUT2D eigenvalue weighted by atomic mass is 10.2. The van der Waals surface area contributed by atoms with E-state index >= 15 is 0 Å². The molecule has 0 aliphatic carbocycles. The van der Waals surface area contributed by atoms with Gasteiger partial charge < -0.3 is 18.8 Å². The summed E-state index contributed by atoms with van der Waals surface area (Å²) in [4.78, 5) is 12.4. The third-order valence-corrected chi connectivity index (χ3v) is 4.07. The Kier molecular flexibility index (Phi) is 6.14. The van der Waals surface area contributed by atoms with Gasteiger partial charge in [-0.05, 0) is 30.7 Å². The molecule has 8 heteroatoms. The molecular formula is C16H19N3O4S. The molecule has 1 aromatic heterocycles. The number of carbonyl (C=O) groups excluding carboxylic acids is 1. The van der Waals surface area contributed by atoms with Gasteiger partial charge in [-0.25, -0.2) is 4.79 Å². The molecule has 1 aromatic carbocycles. The van der Waals surface area contributed by atoms with Gasteiger partial charge in [0.05, 0.1) is 27.0 Å². The summed E-state index contributed by atoms with van der Waals surface area (Å²) in [6.07, 6.45) is 1.60. The van der Waals surface area contributed by atoms with Gasteiger partial charge in [0.1, 0.15) is 5.69 Å². The van der Waals surface area contributed by atoms with Crippen molar-refractivity contribution in [1.82, 2.24) is 4.57 Å². The Bertz CT molecular complexity index is 808. The highest BCUT2D eigenvalue weighted by molar-refractivity contribution is 7.07. The first-order valence-corrected chi connectivity index (χ1v) is 8.09. The van der Waals surface area contributed by atoms with Crippen molar-refractivity contribution in [3.05, 3.63) is 39.6 Å². The fourth-order valence-corrected chi connectivity index (χ4v) is 2.75. The molecule has 0 bridgehead atoms. The van der Waals surface area contributed by atoms with E-state index in [0.717, 1.165) is 5.56 Å². The number of esters is 1. The molecule has 1 heterocycles. The van der Waals surface area contributed by atoms with Crippen LogP contribution in [0.25, 0.3) is 0 Å². The first kappa shape index (κ1) is 17.7. The van der Waals surface area contributed by atoms with Gasteiger partial charge in [0, 0.05) is 12.4 Å². The topological polar surface area (TPSA) is 74.4 Å². The van der Waals surface area contributed by atoms with Crippen molar-refractivity contribution >= 4 is 23.5 Å². The number of methoxy groups -OCH3 is 2. The van der Waals surface area contributed by atoms with E-state index < -0.39 is 0 Å². The first-order chi connectivity index (χ1) is 11.6. The highest BCUT2D eigenvalue weighted by atomic mass is 32.1. The molecule has 0 unspecified atom stereocenters. The third-order valence-electron chi connectivity index (χ3n) is 3.17. The molecule has 128 valence electrons. The number of ether oxygens (including phenoxy) is 3. The minimum absolute atomic E-state index is 0.332. The molecule has 0 N–H and O–H groups in total. The summed E-state index contributed by atoms with van der Waals surface area (Å²) in [5, 5.41) is 9.89. The second-order valence-electron chi connectivity index (χ2n) is 4.64. The Morgan fingerprint density at radius 2 is 2.04 bits per heavy atom. The van der Waals surface area contributed by atoms with Crippen LogP contribution < -0.4 is 14.3 Å². The van der Waals surface area contributed by atoms with Crippen LogP contribution in [0.15, 0.2) is 33.8 Å². The summed E-state index contributed by atoms with van der Waals surface area (Å²) >= 11 is 1.32. The maximum Gasteiger partial charge on any atom is 0.355 e. The molecule has 0 spiro atoms. The number of carbonyl (C=O) groups is 1. The standard InChI is InChI=1S/C16H19N3O4S/c1-5-23-15(20)12-10-24-16(19(12)2)18-17-9-11-6-7-13(21-3)14(8-11)22-4/h6-10H,5H2,1-4H3/b17-9+,18-16+. The van der Waals surface area contributed by atoms with Gasteiger partial charge in [-0.2, -0.15) is 5.10 Å². The highest BCUT2D eigenvalue weighted by Crippen LogP contribution is 2.26. The SMILES string of the molecule is CCOC(=O)c1cs/c(=N/N=C/c2ccc(OC)c(OC)c2)n1C. The van der Waals surface area contributed by atoms with Gasteiger partial charge in [-0.1, -0.05) is 0 Å². The normalized spacial score (nSPS) is 11.8. The lowest BCUT2D eigenvalue weighted by Crippen LogP contribution is -2.17. The Morgan fingerprint density at radius 1 is 1.29 bits per heavy atom. The largest absolute Gasteiger partial charge is 0.493 e. The summed E-state index contributed by atoms with van der Waals surface area (Å²) in [6.45, 7) is 2.10. The van der Waals surface area contributed by atoms with E-state index in [1.807, 2.05) is 6.07 Å². The molecule has 0 radical (unpaired) electrons. The van der Waals surface area contributed by atoms with E-state index in [2.05, 4.69) is 10.2 Å². The smallest absolute Gasteiger partial charge is 0.355 e. The van der Waals surface area contributed by atoms with Crippen LogP contribution in [-0.2, 0) is 11.8 Å². The van der Waals surface area contributed by atoms with Crippen molar-refractivity contribution in [3.63, 3.8) is 0 Å². The average molecular weight is 349 g/mol. The predicted octanol–water partition coefficient (Wildman–Crippen LogP) is 2.22. The lowest BCUT2D eigenvalue weighted by molar-refractivity contribution is 0.0515. The molecule has 24 heavy (non-hydrogen) atoms. The van der Waals surface area contributed by atoms with Crippen molar-refractivity contribution in [2.75, 3.05) is 20.8 Å². The third kappa shape index (κ3) is 4.02. The minimum atomic E-state index is -0.374. The predicted molar refractivity (Wildman–Crippen MR) is 91.9 cm³/mol. The van der Waals surface area contributed by atoms with Crippen molar-refractivity contribution in [2.24, 2.45) is 17.3 Å². The molecule has 0 saturated carbocycles. The van der Waals surface area contributed by atoms with Crippen molar-refractivity contribution < 1.29 is 19.0 Å². The van der Waals surface area contributed by atoms with E-state index in [1.165, 1.54) is 11.3 Å². The number of benzene rings is 1. The van der Waals surface area contributed by atoms with Crippen LogP contribution in [0.5, 0.6) is 11.5 Å². The molecule has 0 amide bonds. The number of thiazole rings is 1. The monoisotopic (exact) mass is 349 g/mol. The van der Waals surface area contributed by atoms with Crippen LogP contribution in [0.4, 0.5) is 0 Å². The maximum atomic E-state index is 11.8. The number of hydrogen-bond donors (Lipinski definition) is 0. The molecule has 0 saturated heterocycles. The fraction of sp³-hybridized carbons (Fsp3) is 0.312. The number of rotatable bonds is 6. The zero-order valence-corrected chi connectivity index (χ0v) is 14.8. The van der Waals surface area contributed by atoms with E-state index in [9.17, 15) is 4.79 Å². The van der Waals surface area contributed by atoms with Gasteiger partial charge in [0.25, 0.3) is 0 Å². The van der Waals surface area contributed by atoms with Gasteiger partial charge in [0.2, 0.25) is 4.80 Å². The highest BCUT2D eigenvalue weighted by Gasteiger charge is 2.11. The lowest BCUT2D eigenvalue weighted by Gasteiger charge is -2.07. The average Bonchev–Trinajstić information content (AvgIpc) is 2.96. The molecule has 0 atom stereocenters. The zero-order chi connectivity index (χ0) is 17.5. The molecular weight excluding hydrogens is 330 g/mol. The Hall–Kier alpha value is -2.61. The fourth-order valence-electron chi connectivity index (χ4n) is 1.93. The van der Waals surface area contributed by atoms with E-state index in [1.54, 1.807) is 56.5 Å². The van der Waals surface area contributed by atoms with Gasteiger partial charge in [-0.3, -0.25) is 0 Å². The van der Waals surface area contributed by atoms with E-state index in [4.69, 9.17) is 14.2 Å². The summed E-state index contributed by atoms with van der Waals surface area (Å²) in [5.41, 5.74) is 1.27. The molecule has 0 aliphatic rings. The van der Waals surface area contributed by atoms with Gasteiger partial charge in [-0.15, -0.1) is 16.4 Å². The van der Waals surface area contributed by atoms with Crippen LogP contribution in [0.3, 0.4) is 0 Å². The van der Waals surface area contributed by atoms with Crippen LogP contribution in [-0.4, -0.2) is 37.6 Å². The van der Waals surface area contributed by atoms with E-state index in [-0.39, 0.29) is 5.97 Å². The molecule has 0 aliphatic heterocycles. The molecule has 2 rings (SSSR count). The van der Waals surface area contributed by atoms with E-state index in [0.29, 0.717) is 28.6 Å². The van der Waals surface area contributed by atoms with Crippen LogP contribution >= 0.6 is 11.3 Å². The Labute approximate surface area is 143 Å². The van der Waals surface area contributed by atoms with Crippen LogP contribution in [0.2, 0.25) is 0 Å². The Morgan fingerprint density at radius 3 is 2.71 bits per heavy atom. The van der Waals surface area contributed by atoms with Crippen molar-refractivity contribution in [3.8, 4) is 11.5 Å². The minimum Gasteiger partial charge on any atom is -0.493 e. The van der Waals surface area contributed by atoms with Gasteiger partial charge >= 0.3 is 5.97 Å². The van der Waals surface area contributed by atoms with Crippen LogP contribution in [0, 0.1) is 0 Å². The summed E-state index contributed by atoms with van der Waals surface area (Å²) in [5.74, 6) is 0.893. The second-order valence-corrected chi connectivity index (χ2v) is 5.48.